The number of nitrogens with zero attached hydrogens (tertiary/aromatic N) is 2. The molecule has 0 unspecified atom stereocenters. The monoisotopic (exact) mass is 399 g/mol. The molecule has 0 saturated carbocycles. The van der Waals surface area contributed by atoms with Gasteiger partial charge in [-0.15, -0.1) is 0 Å². The predicted molar refractivity (Wildman–Crippen MR) is 112 cm³/mol. The number of rotatable bonds is 5. The summed E-state index contributed by atoms with van der Waals surface area (Å²) in [6, 6.07) is 12.9. The Morgan fingerprint density at radius 1 is 1.18 bits per heavy atom. The van der Waals surface area contributed by atoms with E-state index in [1.165, 1.54) is 6.07 Å². The average molecular weight is 400 g/mol. The summed E-state index contributed by atoms with van der Waals surface area (Å²) in [5, 5.41) is 5.44. The van der Waals surface area contributed by atoms with Crippen LogP contribution in [0.2, 0.25) is 5.02 Å². The number of fused-ring (bicyclic) bond motifs is 1. The van der Waals surface area contributed by atoms with Crippen LogP contribution >= 0.6 is 11.6 Å². The van der Waals surface area contributed by atoms with Gasteiger partial charge in [-0.2, -0.15) is 0 Å². The van der Waals surface area contributed by atoms with Crippen molar-refractivity contribution in [1.82, 2.24) is 9.88 Å². The van der Waals surface area contributed by atoms with Crippen molar-refractivity contribution >= 4 is 28.2 Å². The van der Waals surface area contributed by atoms with Gasteiger partial charge < -0.3 is 10.1 Å². The maximum Gasteiger partial charge on any atom is 0.123 e. The van der Waals surface area contributed by atoms with Gasteiger partial charge in [-0.05, 0) is 55.3 Å². The van der Waals surface area contributed by atoms with E-state index in [-0.39, 0.29) is 5.82 Å². The molecule has 1 aliphatic rings. The number of hydrogen-bond donors (Lipinski definition) is 1. The molecule has 3 aromatic rings. The Kier molecular flexibility index (Phi) is 5.64. The van der Waals surface area contributed by atoms with E-state index in [0.717, 1.165) is 53.8 Å². The number of hydrogen-bond acceptors (Lipinski definition) is 4. The molecule has 1 saturated heterocycles. The van der Waals surface area contributed by atoms with Crippen LogP contribution in [-0.2, 0) is 6.54 Å². The van der Waals surface area contributed by atoms with Crippen molar-refractivity contribution in [2.45, 2.75) is 25.4 Å². The standard InChI is InChI=1S/C22H23ClFN3O/c1-28-22-5-3-17(24)12-15(22)14-27-10-7-18(8-11-27)26-20-6-9-25-21-13-16(23)2-4-19(20)21/h2-6,9,12-13,18H,7-8,10-11,14H2,1H3,(H,25,26). The Balaban J connectivity index is 1.39. The smallest absolute Gasteiger partial charge is 0.123 e. The molecule has 1 fully saturated rings. The molecule has 4 rings (SSSR count). The number of pyridine rings is 1. The van der Waals surface area contributed by atoms with Gasteiger partial charge in [-0.25, -0.2) is 4.39 Å². The predicted octanol–water partition coefficient (Wildman–Crippen LogP) is 5.11. The number of anilines is 1. The summed E-state index contributed by atoms with van der Waals surface area (Å²) >= 11 is 6.08. The van der Waals surface area contributed by atoms with Crippen molar-refractivity contribution in [3.05, 3.63) is 65.1 Å². The summed E-state index contributed by atoms with van der Waals surface area (Å²) in [6.45, 7) is 2.60. The fourth-order valence-corrected chi connectivity index (χ4v) is 3.98. The van der Waals surface area contributed by atoms with Gasteiger partial charge in [0, 0.05) is 53.5 Å². The zero-order chi connectivity index (χ0) is 19.5. The van der Waals surface area contributed by atoms with E-state index in [1.54, 1.807) is 19.2 Å². The lowest BCUT2D eigenvalue weighted by molar-refractivity contribution is 0.208. The first-order valence-electron chi connectivity index (χ1n) is 9.48. The second-order valence-electron chi connectivity index (χ2n) is 7.17. The van der Waals surface area contributed by atoms with Crippen LogP contribution in [0.1, 0.15) is 18.4 Å². The summed E-state index contributed by atoms with van der Waals surface area (Å²) in [5.74, 6) is 0.514. The van der Waals surface area contributed by atoms with E-state index in [9.17, 15) is 4.39 Å². The van der Waals surface area contributed by atoms with E-state index in [0.29, 0.717) is 17.6 Å². The van der Waals surface area contributed by atoms with Gasteiger partial charge in [-0.3, -0.25) is 9.88 Å². The van der Waals surface area contributed by atoms with Crippen molar-refractivity contribution in [2.24, 2.45) is 0 Å². The number of piperidine rings is 1. The Morgan fingerprint density at radius 3 is 2.79 bits per heavy atom. The van der Waals surface area contributed by atoms with Gasteiger partial charge in [0.25, 0.3) is 0 Å². The maximum atomic E-state index is 13.6. The molecule has 0 spiro atoms. The molecule has 1 aromatic heterocycles. The third kappa shape index (κ3) is 4.21. The van der Waals surface area contributed by atoms with Gasteiger partial charge in [0.1, 0.15) is 11.6 Å². The molecule has 6 heteroatoms. The summed E-state index contributed by atoms with van der Waals surface area (Å²) in [6.07, 6.45) is 3.86. The largest absolute Gasteiger partial charge is 0.496 e. The first kappa shape index (κ1) is 19.0. The van der Waals surface area contributed by atoms with Crippen LogP contribution < -0.4 is 10.1 Å². The molecule has 2 heterocycles. The van der Waals surface area contributed by atoms with Gasteiger partial charge in [-0.1, -0.05) is 11.6 Å². The summed E-state index contributed by atoms with van der Waals surface area (Å²) in [7, 11) is 1.62. The highest BCUT2D eigenvalue weighted by atomic mass is 35.5. The van der Waals surface area contributed by atoms with Gasteiger partial charge in [0.15, 0.2) is 0 Å². The Hall–Kier alpha value is -2.37. The van der Waals surface area contributed by atoms with Crippen LogP contribution in [-0.4, -0.2) is 36.1 Å². The van der Waals surface area contributed by atoms with E-state index in [4.69, 9.17) is 16.3 Å². The van der Waals surface area contributed by atoms with Crippen molar-refractivity contribution < 1.29 is 9.13 Å². The summed E-state index contributed by atoms with van der Waals surface area (Å²) in [5.41, 5.74) is 2.88. The molecular formula is C22H23ClFN3O. The van der Waals surface area contributed by atoms with Crippen molar-refractivity contribution in [1.29, 1.82) is 0 Å². The first-order valence-corrected chi connectivity index (χ1v) is 9.86. The molecule has 28 heavy (non-hydrogen) atoms. The van der Waals surface area contributed by atoms with Crippen LogP contribution in [0.25, 0.3) is 10.9 Å². The number of aromatic nitrogens is 1. The Bertz CT molecular complexity index is 973. The highest BCUT2D eigenvalue weighted by molar-refractivity contribution is 6.31. The van der Waals surface area contributed by atoms with E-state index < -0.39 is 0 Å². The molecule has 0 aliphatic carbocycles. The molecule has 2 aromatic carbocycles. The van der Waals surface area contributed by atoms with Crippen LogP contribution in [0.3, 0.4) is 0 Å². The topological polar surface area (TPSA) is 37.4 Å². The average Bonchev–Trinajstić information content (AvgIpc) is 2.69. The summed E-state index contributed by atoms with van der Waals surface area (Å²) in [4.78, 5) is 6.75. The minimum Gasteiger partial charge on any atom is -0.496 e. The second kappa shape index (κ2) is 8.33. The normalized spacial score (nSPS) is 15.7. The molecule has 0 amide bonds. The number of nitrogens with one attached hydrogen (secondary N) is 1. The maximum absolute atomic E-state index is 13.6. The van der Waals surface area contributed by atoms with Crippen LogP contribution in [0.5, 0.6) is 5.75 Å². The minimum absolute atomic E-state index is 0.225. The lowest BCUT2D eigenvalue weighted by atomic mass is 10.0. The van der Waals surface area contributed by atoms with E-state index in [2.05, 4.69) is 15.2 Å². The quantitative estimate of drug-likeness (QED) is 0.646. The lowest BCUT2D eigenvalue weighted by Crippen LogP contribution is -2.38. The summed E-state index contributed by atoms with van der Waals surface area (Å²) < 4.78 is 19.0. The van der Waals surface area contributed by atoms with Crippen LogP contribution in [0.15, 0.2) is 48.7 Å². The fraction of sp³-hybridized carbons (Fsp3) is 0.318. The highest BCUT2D eigenvalue weighted by Crippen LogP contribution is 2.27. The molecule has 4 nitrogen and oxygen atoms in total. The Morgan fingerprint density at radius 2 is 2.00 bits per heavy atom. The molecule has 1 aliphatic heterocycles. The first-order chi connectivity index (χ1) is 13.6. The molecule has 0 bridgehead atoms. The van der Waals surface area contributed by atoms with Gasteiger partial charge in [0.2, 0.25) is 0 Å². The molecule has 0 atom stereocenters. The lowest BCUT2D eigenvalue weighted by Gasteiger charge is -2.33. The van der Waals surface area contributed by atoms with E-state index in [1.807, 2.05) is 30.5 Å². The zero-order valence-corrected chi connectivity index (χ0v) is 16.5. The van der Waals surface area contributed by atoms with E-state index >= 15 is 0 Å². The number of benzene rings is 2. The second-order valence-corrected chi connectivity index (χ2v) is 7.61. The number of likely N-dealkylation sites (tertiary alicyclic amines) is 1. The van der Waals surface area contributed by atoms with Gasteiger partial charge in [0.05, 0.1) is 12.6 Å². The van der Waals surface area contributed by atoms with Crippen molar-refractivity contribution in [3.8, 4) is 5.75 Å². The molecule has 0 radical (unpaired) electrons. The Labute approximate surface area is 169 Å². The fourth-order valence-electron chi connectivity index (χ4n) is 3.81. The molecule has 1 N–H and O–H groups in total. The molecule has 146 valence electrons. The third-order valence-electron chi connectivity index (χ3n) is 5.29. The van der Waals surface area contributed by atoms with Crippen LogP contribution in [0, 0.1) is 5.82 Å². The van der Waals surface area contributed by atoms with Gasteiger partial charge >= 0.3 is 0 Å². The number of ether oxygens (including phenoxy) is 1. The number of methoxy groups -OCH3 is 1. The van der Waals surface area contributed by atoms with Crippen LogP contribution in [0.4, 0.5) is 10.1 Å². The third-order valence-corrected chi connectivity index (χ3v) is 5.52. The molecular weight excluding hydrogens is 377 g/mol. The highest BCUT2D eigenvalue weighted by Gasteiger charge is 2.21. The zero-order valence-electron chi connectivity index (χ0n) is 15.8. The number of halogens is 2. The SMILES string of the molecule is COc1ccc(F)cc1CN1CCC(Nc2ccnc3cc(Cl)ccc23)CC1. The van der Waals surface area contributed by atoms with Crippen molar-refractivity contribution in [3.63, 3.8) is 0 Å². The minimum atomic E-state index is -0.225. The van der Waals surface area contributed by atoms with Crippen molar-refractivity contribution in [2.75, 3.05) is 25.5 Å².